The van der Waals surface area contributed by atoms with Crippen LogP contribution >= 0.6 is 11.6 Å². The zero-order chi connectivity index (χ0) is 11.7. The van der Waals surface area contributed by atoms with Gasteiger partial charge in [-0.3, -0.25) is 14.8 Å². The summed E-state index contributed by atoms with van der Waals surface area (Å²) in [6, 6.07) is 3.61. The summed E-state index contributed by atoms with van der Waals surface area (Å²) in [5.41, 5.74) is 6.01. The number of nitrogens with zero attached hydrogens (tertiary/aromatic N) is 3. The molecule has 0 fully saturated rings. The Morgan fingerprint density at radius 1 is 1.62 bits per heavy atom. The van der Waals surface area contributed by atoms with Crippen LogP contribution in [0.4, 0.5) is 5.69 Å². The molecule has 0 aromatic carbocycles. The molecular formula is C10H11ClN4O. The molecule has 6 heteroatoms. The lowest BCUT2D eigenvalue weighted by Crippen LogP contribution is -2.40. The Hall–Kier alpha value is -1.59. The Kier molecular flexibility index (Phi) is 2.80. The Labute approximate surface area is 98.1 Å². The average molecular weight is 239 g/mol. The van der Waals surface area contributed by atoms with E-state index >= 15 is 0 Å². The maximum absolute atomic E-state index is 11.3. The van der Waals surface area contributed by atoms with E-state index in [1.807, 2.05) is 6.07 Å². The summed E-state index contributed by atoms with van der Waals surface area (Å²) >= 11 is 6.03. The highest BCUT2D eigenvalue weighted by Crippen LogP contribution is 2.28. The molecule has 2 rings (SSSR count). The largest absolute Gasteiger partial charge is 0.364 e. The van der Waals surface area contributed by atoms with Crippen LogP contribution in [0.1, 0.15) is 0 Å². The van der Waals surface area contributed by atoms with Gasteiger partial charge in [0, 0.05) is 13.2 Å². The average Bonchev–Trinajstić information content (AvgIpc) is 2.57. The minimum atomic E-state index is -0.515. The van der Waals surface area contributed by atoms with Crippen LogP contribution in [0.3, 0.4) is 0 Å². The van der Waals surface area contributed by atoms with Gasteiger partial charge >= 0.3 is 0 Å². The van der Waals surface area contributed by atoms with Crippen LogP contribution in [0.15, 0.2) is 36.3 Å². The molecule has 1 aliphatic rings. The Balaban J connectivity index is 2.40. The van der Waals surface area contributed by atoms with Crippen LogP contribution in [-0.4, -0.2) is 28.4 Å². The van der Waals surface area contributed by atoms with E-state index in [9.17, 15) is 4.79 Å². The fourth-order valence-electron chi connectivity index (χ4n) is 1.58. The van der Waals surface area contributed by atoms with Gasteiger partial charge in [-0.1, -0.05) is 11.6 Å². The second kappa shape index (κ2) is 4.11. The number of nitrogens with two attached hydrogens (primary N) is 1. The summed E-state index contributed by atoms with van der Waals surface area (Å²) in [6.07, 6.45) is 4.91. The van der Waals surface area contributed by atoms with Gasteiger partial charge in [0.15, 0.2) is 0 Å². The minimum absolute atomic E-state index is 0.357. The monoisotopic (exact) mass is 238 g/mol. The predicted molar refractivity (Wildman–Crippen MR) is 61.4 cm³/mol. The van der Waals surface area contributed by atoms with E-state index < -0.39 is 5.91 Å². The van der Waals surface area contributed by atoms with Gasteiger partial charge in [0.2, 0.25) is 0 Å². The molecule has 1 aromatic heterocycles. The number of anilines is 1. The zero-order valence-corrected chi connectivity index (χ0v) is 9.43. The second-order valence-corrected chi connectivity index (χ2v) is 3.83. The number of alkyl halides is 1. The van der Waals surface area contributed by atoms with Crippen LogP contribution in [0.5, 0.6) is 0 Å². The number of halogens is 1. The lowest BCUT2D eigenvalue weighted by atomic mass is 10.3. The molecule has 1 aliphatic heterocycles. The van der Waals surface area contributed by atoms with E-state index in [4.69, 9.17) is 17.3 Å². The highest BCUT2D eigenvalue weighted by molar-refractivity contribution is 6.22. The minimum Gasteiger partial charge on any atom is -0.364 e. The first-order chi connectivity index (χ1) is 7.61. The number of carbonyl (C=O) groups is 1. The van der Waals surface area contributed by atoms with Crippen molar-refractivity contribution >= 4 is 23.2 Å². The van der Waals surface area contributed by atoms with Crippen LogP contribution in [-0.2, 0) is 4.79 Å². The quantitative estimate of drug-likeness (QED) is 0.608. The molecule has 1 aromatic rings. The van der Waals surface area contributed by atoms with Crippen molar-refractivity contribution in [2.45, 2.75) is 5.50 Å². The van der Waals surface area contributed by atoms with Crippen molar-refractivity contribution in [1.29, 1.82) is 0 Å². The van der Waals surface area contributed by atoms with E-state index in [-0.39, 0.29) is 5.50 Å². The van der Waals surface area contributed by atoms with Crippen molar-refractivity contribution in [3.63, 3.8) is 0 Å². The van der Waals surface area contributed by atoms with E-state index in [1.54, 1.807) is 41.6 Å². The van der Waals surface area contributed by atoms with Crippen LogP contribution in [0, 0.1) is 0 Å². The fraction of sp³-hybridized carbons (Fsp3) is 0.200. The maximum Gasteiger partial charge on any atom is 0.266 e. The Morgan fingerprint density at radius 3 is 2.94 bits per heavy atom. The first-order valence-corrected chi connectivity index (χ1v) is 5.13. The first kappa shape index (κ1) is 10.9. The normalized spacial score (nSPS) is 21.0. The summed E-state index contributed by atoms with van der Waals surface area (Å²) in [5, 5.41) is 3.35. The van der Waals surface area contributed by atoms with Crippen LogP contribution in [0.2, 0.25) is 0 Å². The molecule has 0 saturated heterocycles. The molecule has 16 heavy (non-hydrogen) atoms. The number of hydrogen-bond donors (Lipinski definition) is 1. The van der Waals surface area contributed by atoms with Gasteiger partial charge in [0.1, 0.15) is 11.2 Å². The highest BCUT2D eigenvalue weighted by atomic mass is 35.5. The molecule has 0 bridgehead atoms. The number of rotatable bonds is 2. The van der Waals surface area contributed by atoms with Crippen LogP contribution in [0.25, 0.3) is 0 Å². The van der Waals surface area contributed by atoms with Crippen molar-refractivity contribution < 1.29 is 4.79 Å². The van der Waals surface area contributed by atoms with Gasteiger partial charge in [-0.25, -0.2) is 0 Å². The molecule has 0 aliphatic carbocycles. The third-order valence-electron chi connectivity index (χ3n) is 2.34. The molecule has 0 saturated carbocycles. The number of primary amides is 1. The standard InChI is InChI=1S/C10H11ClN4O/c1-14-9(11)5-8(10(12)16)15(14)7-3-2-4-13-6-7/h2-6,9H,1H3,(H2,12,16). The molecule has 2 heterocycles. The van der Waals surface area contributed by atoms with Crippen molar-refractivity contribution in [2.75, 3.05) is 12.1 Å². The van der Waals surface area contributed by atoms with Gasteiger partial charge in [-0.15, -0.1) is 0 Å². The summed E-state index contributed by atoms with van der Waals surface area (Å²) in [6.45, 7) is 0. The third-order valence-corrected chi connectivity index (χ3v) is 2.75. The second-order valence-electron chi connectivity index (χ2n) is 3.39. The lowest BCUT2D eigenvalue weighted by molar-refractivity contribution is -0.114. The van der Waals surface area contributed by atoms with Gasteiger partial charge in [0.25, 0.3) is 5.91 Å². The maximum atomic E-state index is 11.3. The molecule has 1 atom stereocenters. The van der Waals surface area contributed by atoms with Crippen molar-refractivity contribution in [1.82, 2.24) is 9.99 Å². The summed E-state index contributed by atoms with van der Waals surface area (Å²) < 4.78 is 0. The number of pyridine rings is 1. The van der Waals surface area contributed by atoms with Gasteiger partial charge in [-0.05, 0) is 18.2 Å². The van der Waals surface area contributed by atoms with Crippen molar-refractivity contribution in [3.8, 4) is 0 Å². The Morgan fingerprint density at radius 2 is 2.38 bits per heavy atom. The third kappa shape index (κ3) is 1.75. The summed E-state index contributed by atoms with van der Waals surface area (Å²) in [4.78, 5) is 15.3. The smallest absolute Gasteiger partial charge is 0.266 e. The molecule has 0 radical (unpaired) electrons. The van der Waals surface area contributed by atoms with E-state index in [0.29, 0.717) is 5.70 Å². The zero-order valence-electron chi connectivity index (χ0n) is 8.67. The van der Waals surface area contributed by atoms with Crippen molar-refractivity contribution in [3.05, 3.63) is 36.3 Å². The number of likely N-dealkylation sites (N-methyl/N-ethyl adjacent to an activating group) is 1. The molecule has 84 valence electrons. The number of carbonyl (C=O) groups excluding carboxylic acids is 1. The van der Waals surface area contributed by atoms with E-state index in [1.165, 1.54) is 0 Å². The number of hydrazine groups is 1. The summed E-state index contributed by atoms with van der Waals surface area (Å²) in [7, 11) is 1.77. The van der Waals surface area contributed by atoms with E-state index in [2.05, 4.69) is 4.98 Å². The molecule has 1 amide bonds. The molecule has 5 nitrogen and oxygen atoms in total. The number of aromatic nitrogens is 1. The number of amides is 1. The van der Waals surface area contributed by atoms with Gasteiger partial charge in [-0.2, -0.15) is 5.01 Å². The first-order valence-electron chi connectivity index (χ1n) is 4.70. The topological polar surface area (TPSA) is 62.5 Å². The van der Waals surface area contributed by atoms with E-state index in [0.717, 1.165) is 5.69 Å². The molecule has 0 spiro atoms. The number of hydrogen-bond acceptors (Lipinski definition) is 4. The molecular weight excluding hydrogens is 228 g/mol. The summed E-state index contributed by atoms with van der Waals surface area (Å²) in [5.74, 6) is -0.515. The SMILES string of the molecule is CN1C(Cl)C=C(C(N)=O)N1c1cccnc1. The predicted octanol–water partition coefficient (Wildman–Crippen LogP) is 0.682. The molecule has 2 N–H and O–H groups in total. The van der Waals surface area contributed by atoms with Crippen molar-refractivity contribution in [2.24, 2.45) is 5.73 Å². The van der Waals surface area contributed by atoms with Crippen LogP contribution < -0.4 is 10.7 Å². The Bertz CT molecular complexity index is 434. The highest BCUT2D eigenvalue weighted by Gasteiger charge is 2.31. The van der Waals surface area contributed by atoms with Gasteiger partial charge in [0.05, 0.1) is 11.9 Å². The van der Waals surface area contributed by atoms with Gasteiger partial charge < -0.3 is 5.73 Å². The fourth-order valence-corrected chi connectivity index (χ4v) is 1.78. The molecule has 1 unspecified atom stereocenters. The lowest BCUT2D eigenvalue weighted by Gasteiger charge is -2.29.